The topological polar surface area (TPSA) is 70.2 Å². The number of carbonyl (C=O) groups excluding carboxylic acids is 2. The summed E-state index contributed by atoms with van der Waals surface area (Å²) in [6, 6.07) is 6.08. The van der Waals surface area contributed by atoms with Crippen LogP contribution in [0.5, 0.6) is 0 Å². The number of imide groups is 1. The molecule has 5 heteroatoms. The van der Waals surface area contributed by atoms with E-state index in [1.165, 1.54) is 11.0 Å². The minimum absolute atomic E-state index is 0.248. The van der Waals surface area contributed by atoms with Gasteiger partial charge in [0.05, 0.1) is 11.1 Å². The number of hydrogen-bond acceptors (Lipinski definition) is 3. The number of rotatable bonds is 1. The van der Waals surface area contributed by atoms with Crippen molar-refractivity contribution in [2.75, 3.05) is 0 Å². The molecule has 0 bridgehead atoms. The van der Waals surface area contributed by atoms with Crippen LogP contribution in [0.4, 0.5) is 0 Å². The summed E-state index contributed by atoms with van der Waals surface area (Å²) in [5.41, 5.74) is 0.927. The Bertz CT molecular complexity index is 774. The number of carbonyl (C=O) groups is 2. The van der Waals surface area contributed by atoms with Gasteiger partial charge in [-0.15, -0.1) is 0 Å². The summed E-state index contributed by atoms with van der Waals surface area (Å²) >= 11 is 0. The lowest BCUT2D eigenvalue weighted by Gasteiger charge is -2.29. The van der Waals surface area contributed by atoms with E-state index in [1.807, 2.05) is 0 Å². The monoisotopic (exact) mass is 256 g/mol. The highest BCUT2D eigenvalue weighted by Crippen LogP contribution is 2.28. The smallest absolute Gasteiger partial charge is 0.261 e. The Morgan fingerprint density at radius 3 is 2.42 bits per heavy atom. The van der Waals surface area contributed by atoms with E-state index in [9.17, 15) is 14.4 Å². The van der Waals surface area contributed by atoms with Crippen LogP contribution >= 0.6 is 0 Å². The second-order valence-corrected chi connectivity index (χ2v) is 4.85. The number of amides is 2. The summed E-state index contributed by atoms with van der Waals surface area (Å²) in [6.07, 6.45) is 0. The highest BCUT2D eigenvalue weighted by molar-refractivity contribution is 6.25. The van der Waals surface area contributed by atoms with Crippen molar-refractivity contribution < 1.29 is 9.59 Å². The van der Waals surface area contributed by atoms with Gasteiger partial charge in [0, 0.05) is 23.0 Å². The van der Waals surface area contributed by atoms with E-state index in [-0.39, 0.29) is 17.5 Å². The first-order valence-corrected chi connectivity index (χ1v) is 6.04. The van der Waals surface area contributed by atoms with E-state index in [1.54, 1.807) is 32.0 Å². The van der Waals surface area contributed by atoms with Crippen LogP contribution < -0.4 is 5.56 Å². The lowest BCUT2D eigenvalue weighted by atomic mass is 9.96. The van der Waals surface area contributed by atoms with Gasteiger partial charge in [-0.3, -0.25) is 19.3 Å². The van der Waals surface area contributed by atoms with Crippen LogP contribution in [0.1, 0.15) is 34.6 Å². The molecular weight excluding hydrogens is 244 g/mol. The molecule has 2 aromatic rings. The van der Waals surface area contributed by atoms with Crippen LogP contribution in [0.3, 0.4) is 0 Å². The molecule has 0 aliphatic carbocycles. The third kappa shape index (κ3) is 1.51. The molecule has 0 saturated carbocycles. The molecule has 2 heterocycles. The average Bonchev–Trinajstić information content (AvgIpc) is 2.35. The predicted molar refractivity (Wildman–Crippen MR) is 70.2 cm³/mol. The molecule has 1 aromatic heterocycles. The number of pyridine rings is 1. The van der Waals surface area contributed by atoms with E-state index in [2.05, 4.69) is 4.98 Å². The quantitative estimate of drug-likeness (QED) is 0.787. The minimum atomic E-state index is -0.408. The molecule has 1 N–H and O–H groups in total. The molecule has 96 valence electrons. The number of aromatic nitrogens is 1. The maximum atomic E-state index is 12.4. The van der Waals surface area contributed by atoms with Crippen molar-refractivity contribution >= 4 is 22.7 Å². The van der Waals surface area contributed by atoms with Gasteiger partial charge in [-0.05, 0) is 26.0 Å². The zero-order chi connectivity index (χ0) is 13.7. The molecule has 0 unspecified atom stereocenters. The fourth-order valence-corrected chi connectivity index (χ4v) is 2.49. The van der Waals surface area contributed by atoms with Crippen molar-refractivity contribution in [3.8, 4) is 0 Å². The first-order valence-electron chi connectivity index (χ1n) is 6.04. The number of nitrogens with zero attached hydrogens (tertiary/aromatic N) is 1. The molecule has 19 heavy (non-hydrogen) atoms. The lowest BCUT2D eigenvalue weighted by molar-refractivity contribution is 0.0564. The molecule has 1 aliphatic rings. The third-order valence-corrected chi connectivity index (χ3v) is 3.28. The number of nitrogens with one attached hydrogen (secondary N) is 1. The maximum absolute atomic E-state index is 12.4. The molecule has 5 nitrogen and oxygen atoms in total. The van der Waals surface area contributed by atoms with Crippen LogP contribution in [-0.2, 0) is 0 Å². The van der Waals surface area contributed by atoms with Gasteiger partial charge in [0.2, 0.25) is 5.56 Å². The van der Waals surface area contributed by atoms with Gasteiger partial charge in [-0.2, -0.15) is 0 Å². The SMILES string of the molecule is CC(C)N1C(=O)c2cccc3[nH]c(=O)cc(c23)C1=O. The minimum Gasteiger partial charge on any atom is -0.322 e. The predicted octanol–water partition coefficient (Wildman–Crippen LogP) is 1.53. The molecular formula is C14H12N2O3. The van der Waals surface area contributed by atoms with E-state index < -0.39 is 5.91 Å². The number of aromatic amines is 1. The Morgan fingerprint density at radius 1 is 1.05 bits per heavy atom. The summed E-state index contributed by atoms with van der Waals surface area (Å²) in [7, 11) is 0. The van der Waals surface area contributed by atoms with Crippen LogP contribution in [0.2, 0.25) is 0 Å². The first-order chi connectivity index (χ1) is 9.00. The van der Waals surface area contributed by atoms with Crippen molar-refractivity contribution in [3.63, 3.8) is 0 Å². The highest BCUT2D eigenvalue weighted by Gasteiger charge is 2.34. The van der Waals surface area contributed by atoms with E-state index in [0.29, 0.717) is 22.0 Å². The number of H-pyrrole nitrogens is 1. The van der Waals surface area contributed by atoms with Crippen molar-refractivity contribution in [1.29, 1.82) is 0 Å². The zero-order valence-electron chi connectivity index (χ0n) is 10.6. The van der Waals surface area contributed by atoms with Crippen LogP contribution in [0.25, 0.3) is 10.9 Å². The summed E-state index contributed by atoms with van der Waals surface area (Å²) in [4.78, 5) is 40.1. The summed E-state index contributed by atoms with van der Waals surface area (Å²) < 4.78 is 0. The third-order valence-electron chi connectivity index (χ3n) is 3.28. The van der Waals surface area contributed by atoms with Crippen molar-refractivity contribution in [2.45, 2.75) is 19.9 Å². The van der Waals surface area contributed by atoms with E-state index in [0.717, 1.165) is 0 Å². The van der Waals surface area contributed by atoms with Crippen LogP contribution in [-0.4, -0.2) is 27.7 Å². The summed E-state index contributed by atoms with van der Waals surface area (Å²) in [5, 5.41) is 0.536. The number of benzene rings is 1. The van der Waals surface area contributed by atoms with Crippen molar-refractivity contribution in [3.05, 3.63) is 45.7 Å². The molecule has 2 amide bonds. The van der Waals surface area contributed by atoms with Gasteiger partial charge in [0.25, 0.3) is 11.8 Å². The molecule has 1 aromatic carbocycles. The Hall–Kier alpha value is -2.43. The fourth-order valence-electron chi connectivity index (χ4n) is 2.49. The Morgan fingerprint density at radius 2 is 1.74 bits per heavy atom. The normalized spacial score (nSPS) is 14.6. The van der Waals surface area contributed by atoms with Crippen LogP contribution in [0.15, 0.2) is 29.1 Å². The van der Waals surface area contributed by atoms with Crippen molar-refractivity contribution in [2.24, 2.45) is 0 Å². The second-order valence-electron chi connectivity index (χ2n) is 4.85. The zero-order valence-corrected chi connectivity index (χ0v) is 10.6. The van der Waals surface area contributed by atoms with Crippen LogP contribution in [0, 0.1) is 0 Å². The van der Waals surface area contributed by atoms with Gasteiger partial charge in [0.15, 0.2) is 0 Å². The van der Waals surface area contributed by atoms with Crippen molar-refractivity contribution in [1.82, 2.24) is 9.88 Å². The molecule has 0 atom stereocenters. The fraction of sp³-hybridized carbons (Fsp3) is 0.214. The van der Waals surface area contributed by atoms with Gasteiger partial charge < -0.3 is 4.98 Å². The first kappa shape index (κ1) is 11.6. The van der Waals surface area contributed by atoms with E-state index >= 15 is 0 Å². The Labute approximate surface area is 108 Å². The number of hydrogen-bond donors (Lipinski definition) is 1. The average molecular weight is 256 g/mol. The maximum Gasteiger partial charge on any atom is 0.261 e. The highest BCUT2D eigenvalue weighted by atomic mass is 16.2. The second kappa shape index (κ2) is 3.78. The molecule has 0 radical (unpaired) electrons. The summed E-state index contributed by atoms with van der Waals surface area (Å²) in [5.74, 6) is -0.722. The van der Waals surface area contributed by atoms with Gasteiger partial charge in [-0.25, -0.2) is 0 Å². The van der Waals surface area contributed by atoms with Gasteiger partial charge >= 0.3 is 0 Å². The van der Waals surface area contributed by atoms with Gasteiger partial charge in [-0.1, -0.05) is 6.07 Å². The molecule has 1 aliphatic heterocycles. The Kier molecular flexibility index (Phi) is 2.32. The molecule has 0 saturated heterocycles. The molecule has 3 rings (SSSR count). The Balaban J connectivity index is 2.45. The van der Waals surface area contributed by atoms with E-state index in [4.69, 9.17) is 0 Å². The lowest BCUT2D eigenvalue weighted by Crippen LogP contribution is -2.45. The van der Waals surface area contributed by atoms with Gasteiger partial charge in [0.1, 0.15) is 0 Å². The standard InChI is InChI=1S/C14H12N2O3/c1-7(2)16-13(18)8-4-3-5-10-12(8)9(14(16)19)6-11(17)15-10/h3-7H,1-2H3,(H,15,17). The molecule has 0 spiro atoms. The molecule has 0 fully saturated rings. The largest absolute Gasteiger partial charge is 0.322 e. The summed E-state index contributed by atoms with van der Waals surface area (Å²) in [6.45, 7) is 3.54.